The van der Waals surface area contributed by atoms with Crippen molar-refractivity contribution >= 4 is 17.3 Å². The number of nitrogens with one attached hydrogen (secondary N) is 1. The lowest BCUT2D eigenvalue weighted by Crippen LogP contribution is -2.14. The topological polar surface area (TPSA) is 99.9 Å². The van der Waals surface area contributed by atoms with Crippen LogP contribution in [0.15, 0.2) is 30.3 Å². The Kier molecular flexibility index (Phi) is 5.67. The van der Waals surface area contributed by atoms with E-state index in [2.05, 4.69) is 5.32 Å². The highest BCUT2D eigenvalue weighted by atomic mass is 16.6. The summed E-state index contributed by atoms with van der Waals surface area (Å²) in [5.74, 6) is 0.869. The number of benzene rings is 2. The summed E-state index contributed by atoms with van der Waals surface area (Å²) in [4.78, 5) is 23.4. The molecule has 1 unspecified atom stereocenters. The van der Waals surface area contributed by atoms with Crippen LogP contribution in [0.5, 0.6) is 17.2 Å². The van der Waals surface area contributed by atoms with Gasteiger partial charge in [-0.1, -0.05) is 0 Å². The van der Waals surface area contributed by atoms with E-state index < -0.39 is 10.8 Å². The molecule has 1 aliphatic heterocycles. The fourth-order valence-electron chi connectivity index (χ4n) is 3.09. The minimum atomic E-state index is -0.571. The molecule has 1 heterocycles. The van der Waals surface area contributed by atoms with E-state index in [4.69, 9.17) is 14.2 Å². The minimum Gasteiger partial charge on any atom is -0.492 e. The highest BCUT2D eigenvalue weighted by Gasteiger charge is 2.24. The molecule has 28 heavy (non-hydrogen) atoms. The number of nitro benzene ring substituents is 1. The van der Waals surface area contributed by atoms with Gasteiger partial charge < -0.3 is 19.5 Å². The van der Waals surface area contributed by atoms with Crippen LogP contribution in [-0.2, 0) is 6.42 Å². The molecule has 2 aromatic carbocycles. The Bertz CT molecular complexity index is 912. The molecule has 1 N–H and O–H groups in total. The lowest BCUT2D eigenvalue weighted by Gasteiger charge is -2.14. The van der Waals surface area contributed by atoms with Crippen molar-refractivity contribution in [3.8, 4) is 17.2 Å². The number of hydrogen-bond acceptors (Lipinski definition) is 6. The van der Waals surface area contributed by atoms with Crippen molar-refractivity contribution < 1.29 is 23.9 Å². The Hall–Kier alpha value is -3.29. The number of amides is 1. The van der Waals surface area contributed by atoms with Gasteiger partial charge in [0.15, 0.2) is 5.75 Å². The number of carbonyl (C=O) groups is 1. The first kappa shape index (κ1) is 19.5. The summed E-state index contributed by atoms with van der Waals surface area (Å²) in [6.07, 6.45) is 0.832. The minimum absolute atomic E-state index is 0.0594. The molecule has 8 heteroatoms. The van der Waals surface area contributed by atoms with Crippen LogP contribution in [0.25, 0.3) is 0 Å². The van der Waals surface area contributed by atoms with Gasteiger partial charge in [-0.3, -0.25) is 14.9 Å². The number of rotatable bonds is 7. The van der Waals surface area contributed by atoms with Gasteiger partial charge in [0.05, 0.1) is 23.8 Å². The summed E-state index contributed by atoms with van der Waals surface area (Å²) >= 11 is 0. The Balaban J connectivity index is 1.90. The van der Waals surface area contributed by atoms with E-state index in [-0.39, 0.29) is 29.7 Å². The fraction of sp³-hybridized carbons (Fsp3) is 0.350. The van der Waals surface area contributed by atoms with Crippen molar-refractivity contribution in [2.75, 3.05) is 18.5 Å². The average Bonchev–Trinajstić information content (AvgIpc) is 3.01. The summed E-state index contributed by atoms with van der Waals surface area (Å²) in [6.45, 7) is 6.28. The predicted octanol–water partition coefficient (Wildman–Crippen LogP) is 3.97. The molecule has 0 saturated heterocycles. The molecule has 8 nitrogen and oxygen atoms in total. The second-order valence-corrected chi connectivity index (χ2v) is 6.35. The number of nitrogens with zero attached hydrogens (tertiary/aromatic N) is 1. The van der Waals surface area contributed by atoms with Crippen molar-refractivity contribution in [2.45, 2.75) is 33.3 Å². The fourth-order valence-corrected chi connectivity index (χ4v) is 3.09. The van der Waals surface area contributed by atoms with E-state index in [1.54, 1.807) is 13.0 Å². The smallest absolute Gasteiger partial charge is 0.311 e. The second-order valence-electron chi connectivity index (χ2n) is 6.35. The van der Waals surface area contributed by atoms with Crippen LogP contribution < -0.4 is 19.5 Å². The summed E-state index contributed by atoms with van der Waals surface area (Å²) in [7, 11) is 0. The zero-order chi connectivity index (χ0) is 20.3. The first-order valence-corrected chi connectivity index (χ1v) is 9.11. The summed E-state index contributed by atoms with van der Waals surface area (Å²) in [5, 5.41) is 14.1. The first-order valence-electron chi connectivity index (χ1n) is 9.11. The average molecular weight is 386 g/mol. The van der Waals surface area contributed by atoms with Crippen LogP contribution in [0.3, 0.4) is 0 Å². The van der Waals surface area contributed by atoms with E-state index in [0.29, 0.717) is 23.8 Å². The standard InChI is InChI=1S/C20H22N2O6/c1-4-26-17-7-6-13(9-16(17)22(24)25)20(23)21-15-11-18-14(8-12(3)28-18)10-19(15)27-5-2/h6-7,9-12H,4-5,8H2,1-3H3,(H,21,23). The zero-order valence-electron chi connectivity index (χ0n) is 16.0. The van der Waals surface area contributed by atoms with Gasteiger partial charge in [0.2, 0.25) is 0 Å². The molecule has 0 saturated carbocycles. The monoisotopic (exact) mass is 386 g/mol. The number of ether oxygens (including phenoxy) is 3. The molecule has 0 aliphatic carbocycles. The van der Waals surface area contributed by atoms with Crippen LogP contribution in [-0.4, -0.2) is 30.1 Å². The van der Waals surface area contributed by atoms with Crippen LogP contribution in [0.2, 0.25) is 0 Å². The number of fused-ring (bicyclic) bond motifs is 1. The van der Waals surface area contributed by atoms with E-state index in [1.165, 1.54) is 18.2 Å². The third kappa shape index (κ3) is 4.00. The molecule has 0 spiro atoms. The van der Waals surface area contributed by atoms with Gasteiger partial charge in [0.25, 0.3) is 5.91 Å². The maximum atomic E-state index is 12.7. The molecule has 1 aliphatic rings. The van der Waals surface area contributed by atoms with Gasteiger partial charge in [0.1, 0.15) is 17.6 Å². The molecular weight excluding hydrogens is 364 g/mol. The third-order valence-electron chi connectivity index (χ3n) is 4.26. The van der Waals surface area contributed by atoms with Crippen molar-refractivity contribution in [3.05, 3.63) is 51.6 Å². The Morgan fingerprint density at radius 3 is 2.61 bits per heavy atom. The number of carbonyl (C=O) groups excluding carboxylic acids is 1. The van der Waals surface area contributed by atoms with E-state index in [9.17, 15) is 14.9 Å². The van der Waals surface area contributed by atoms with Crippen molar-refractivity contribution in [3.63, 3.8) is 0 Å². The van der Waals surface area contributed by atoms with Crippen molar-refractivity contribution in [1.29, 1.82) is 0 Å². The van der Waals surface area contributed by atoms with Crippen LogP contribution >= 0.6 is 0 Å². The molecule has 1 atom stereocenters. The second kappa shape index (κ2) is 8.16. The summed E-state index contributed by atoms with van der Waals surface area (Å²) < 4.78 is 16.7. The van der Waals surface area contributed by atoms with Gasteiger partial charge in [-0.25, -0.2) is 0 Å². The lowest BCUT2D eigenvalue weighted by molar-refractivity contribution is -0.385. The zero-order valence-corrected chi connectivity index (χ0v) is 16.0. The Morgan fingerprint density at radius 2 is 1.93 bits per heavy atom. The molecule has 0 radical (unpaired) electrons. The number of anilines is 1. The first-order chi connectivity index (χ1) is 13.4. The van der Waals surface area contributed by atoms with Gasteiger partial charge in [-0.15, -0.1) is 0 Å². The molecule has 2 aromatic rings. The van der Waals surface area contributed by atoms with Crippen LogP contribution in [0.1, 0.15) is 36.7 Å². The Labute approximate surface area is 162 Å². The number of nitro groups is 1. The molecule has 0 aromatic heterocycles. The maximum Gasteiger partial charge on any atom is 0.311 e. The number of hydrogen-bond donors (Lipinski definition) is 1. The largest absolute Gasteiger partial charge is 0.492 e. The quantitative estimate of drug-likeness (QED) is 0.571. The summed E-state index contributed by atoms with van der Waals surface area (Å²) in [6, 6.07) is 7.70. The Morgan fingerprint density at radius 1 is 1.21 bits per heavy atom. The molecular formula is C20H22N2O6. The molecule has 148 valence electrons. The summed E-state index contributed by atoms with van der Waals surface area (Å²) in [5.41, 5.74) is 1.36. The SMILES string of the molecule is CCOc1cc2c(cc1NC(=O)c1ccc(OCC)c([N+](=O)[O-])c1)OC(C)C2. The molecule has 3 rings (SSSR count). The van der Waals surface area contributed by atoms with Gasteiger partial charge >= 0.3 is 5.69 Å². The highest BCUT2D eigenvalue weighted by molar-refractivity contribution is 6.05. The normalized spacial score (nSPS) is 14.8. The predicted molar refractivity (Wildman–Crippen MR) is 104 cm³/mol. The van der Waals surface area contributed by atoms with Crippen molar-refractivity contribution in [2.24, 2.45) is 0 Å². The maximum absolute atomic E-state index is 12.7. The van der Waals surface area contributed by atoms with Gasteiger partial charge in [-0.2, -0.15) is 0 Å². The van der Waals surface area contributed by atoms with Gasteiger partial charge in [-0.05, 0) is 39.0 Å². The van der Waals surface area contributed by atoms with Crippen LogP contribution in [0, 0.1) is 10.1 Å². The van der Waals surface area contributed by atoms with Crippen molar-refractivity contribution in [1.82, 2.24) is 0 Å². The van der Waals surface area contributed by atoms with E-state index in [1.807, 2.05) is 19.9 Å². The van der Waals surface area contributed by atoms with Crippen LogP contribution in [0.4, 0.5) is 11.4 Å². The van der Waals surface area contributed by atoms with E-state index >= 15 is 0 Å². The van der Waals surface area contributed by atoms with E-state index in [0.717, 1.165) is 12.0 Å². The van der Waals surface area contributed by atoms with Gasteiger partial charge in [0, 0.05) is 29.7 Å². The molecule has 0 fully saturated rings. The molecule has 0 bridgehead atoms. The third-order valence-corrected chi connectivity index (χ3v) is 4.26. The molecule has 1 amide bonds. The lowest BCUT2D eigenvalue weighted by atomic mass is 10.1. The highest BCUT2D eigenvalue weighted by Crippen LogP contribution is 2.38.